The number of allylic oxidation sites excluding steroid dienone is 5. The van der Waals surface area contributed by atoms with Crippen LogP contribution in [0, 0.1) is 0 Å². The smallest absolute Gasteiger partial charge is 0.305 e. The first-order valence-corrected chi connectivity index (χ1v) is 29.3. The number of aliphatic hydroxyl groups is 2. The Bertz CT molecular complexity index is 1070. The molecular formula is C60H113NO5. The highest BCUT2D eigenvalue weighted by atomic mass is 16.5. The molecule has 0 heterocycles. The highest BCUT2D eigenvalue weighted by molar-refractivity contribution is 5.76. The van der Waals surface area contributed by atoms with Gasteiger partial charge in [-0.05, 0) is 64.2 Å². The third-order valence-electron chi connectivity index (χ3n) is 13.4. The molecule has 0 aromatic heterocycles. The van der Waals surface area contributed by atoms with E-state index in [-0.39, 0.29) is 18.5 Å². The molecule has 2 unspecified atom stereocenters. The van der Waals surface area contributed by atoms with Crippen molar-refractivity contribution in [2.75, 3.05) is 13.2 Å². The minimum absolute atomic E-state index is 0.00761. The van der Waals surface area contributed by atoms with Crippen LogP contribution in [0.5, 0.6) is 0 Å². The van der Waals surface area contributed by atoms with Gasteiger partial charge in [0.05, 0.1) is 25.4 Å². The molecule has 0 bridgehead atoms. The molecule has 6 heteroatoms. The Hall–Kier alpha value is -1.92. The molecule has 66 heavy (non-hydrogen) atoms. The molecule has 0 aliphatic rings. The Morgan fingerprint density at radius 1 is 0.424 bits per heavy atom. The third-order valence-corrected chi connectivity index (χ3v) is 13.4. The van der Waals surface area contributed by atoms with Crippen molar-refractivity contribution in [2.45, 2.75) is 321 Å². The zero-order chi connectivity index (χ0) is 47.9. The number of amides is 1. The van der Waals surface area contributed by atoms with E-state index in [0.29, 0.717) is 19.4 Å². The second-order valence-electron chi connectivity index (χ2n) is 20.0. The van der Waals surface area contributed by atoms with Crippen molar-refractivity contribution in [1.29, 1.82) is 0 Å². The van der Waals surface area contributed by atoms with Gasteiger partial charge in [-0.3, -0.25) is 9.59 Å². The topological polar surface area (TPSA) is 95.9 Å². The molecule has 0 saturated heterocycles. The molecule has 0 aliphatic carbocycles. The lowest BCUT2D eigenvalue weighted by atomic mass is 10.0. The maximum Gasteiger partial charge on any atom is 0.305 e. The number of ether oxygens (including phenoxy) is 1. The van der Waals surface area contributed by atoms with E-state index < -0.39 is 12.1 Å². The minimum Gasteiger partial charge on any atom is -0.466 e. The molecule has 388 valence electrons. The van der Waals surface area contributed by atoms with Crippen molar-refractivity contribution in [1.82, 2.24) is 5.32 Å². The molecule has 0 aliphatic heterocycles. The number of carbonyl (C=O) groups excluding carboxylic acids is 2. The molecule has 0 saturated carbocycles. The number of nitrogens with one attached hydrogen (secondary N) is 1. The van der Waals surface area contributed by atoms with E-state index in [0.717, 1.165) is 51.4 Å². The van der Waals surface area contributed by atoms with Gasteiger partial charge in [0.15, 0.2) is 0 Å². The second kappa shape index (κ2) is 55.7. The van der Waals surface area contributed by atoms with Crippen molar-refractivity contribution in [3.05, 3.63) is 36.5 Å². The van der Waals surface area contributed by atoms with Gasteiger partial charge in [0.25, 0.3) is 0 Å². The van der Waals surface area contributed by atoms with Gasteiger partial charge < -0.3 is 20.3 Å². The van der Waals surface area contributed by atoms with E-state index in [1.807, 2.05) is 6.08 Å². The van der Waals surface area contributed by atoms with E-state index in [1.54, 1.807) is 6.08 Å². The van der Waals surface area contributed by atoms with Crippen LogP contribution in [0.4, 0.5) is 0 Å². The Morgan fingerprint density at radius 2 is 0.758 bits per heavy atom. The van der Waals surface area contributed by atoms with Crippen molar-refractivity contribution < 1.29 is 24.5 Å². The standard InChI is InChI=1S/C60H113NO5/c1-3-5-7-9-11-13-15-17-19-25-28-32-36-40-44-48-52-58(63)57(56-62)61-59(64)53-49-45-41-37-33-29-26-22-20-21-23-27-31-35-39-43-47-51-55-66-60(65)54-50-46-42-38-34-30-24-18-16-14-12-10-8-6-4-2/h12,14,18,24,48,52,57-58,62-63H,3-11,13,15-17,19-23,25-47,49-51,53-56H2,1-2H3,(H,61,64)/b14-12-,24-18-,52-48+. The number of hydrogen-bond acceptors (Lipinski definition) is 5. The first kappa shape index (κ1) is 64.1. The van der Waals surface area contributed by atoms with Crippen molar-refractivity contribution in [2.24, 2.45) is 0 Å². The first-order chi connectivity index (χ1) is 32.5. The van der Waals surface area contributed by atoms with Crippen LogP contribution in [0.1, 0.15) is 309 Å². The molecule has 0 spiro atoms. The number of rotatable bonds is 54. The highest BCUT2D eigenvalue weighted by Crippen LogP contribution is 2.17. The molecule has 0 aromatic rings. The number of aliphatic hydroxyl groups excluding tert-OH is 2. The maximum atomic E-state index is 12.5. The molecular weight excluding hydrogens is 815 g/mol. The van der Waals surface area contributed by atoms with Gasteiger partial charge >= 0.3 is 5.97 Å². The molecule has 2 atom stereocenters. The molecule has 0 rings (SSSR count). The fourth-order valence-electron chi connectivity index (χ4n) is 8.90. The normalized spacial score (nSPS) is 12.8. The van der Waals surface area contributed by atoms with Crippen LogP contribution in [0.15, 0.2) is 36.5 Å². The summed E-state index contributed by atoms with van der Waals surface area (Å²) in [6.45, 7) is 4.87. The average molecular weight is 929 g/mol. The third kappa shape index (κ3) is 51.5. The predicted octanol–water partition coefficient (Wildman–Crippen LogP) is 18.0. The average Bonchev–Trinajstić information content (AvgIpc) is 3.32. The van der Waals surface area contributed by atoms with Gasteiger partial charge in [-0.2, -0.15) is 0 Å². The summed E-state index contributed by atoms with van der Waals surface area (Å²) in [7, 11) is 0. The van der Waals surface area contributed by atoms with Gasteiger partial charge in [0.1, 0.15) is 0 Å². The zero-order valence-corrected chi connectivity index (χ0v) is 44.2. The van der Waals surface area contributed by atoms with E-state index >= 15 is 0 Å². The number of unbranched alkanes of at least 4 members (excludes halogenated alkanes) is 39. The van der Waals surface area contributed by atoms with Gasteiger partial charge in [-0.25, -0.2) is 0 Å². The van der Waals surface area contributed by atoms with Gasteiger partial charge in [-0.15, -0.1) is 0 Å². The Balaban J connectivity index is 3.44. The maximum absolute atomic E-state index is 12.5. The van der Waals surface area contributed by atoms with Crippen LogP contribution in [-0.2, 0) is 14.3 Å². The lowest BCUT2D eigenvalue weighted by Gasteiger charge is -2.20. The Kier molecular flexibility index (Phi) is 54.1. The van der Waals surface area contributed by atoms with Crippen molar-refractivity contribution in [3.63, 3.8) is 0 Å². The van der Waals surface area contributed by atoms with Crippen molar-refractivity contribution >= 4 is 11.9 Å². The lowest BCUT2D eigenvalue weighted by Crippen LogP contribution is -2.45. The predicted molar refractivity (Wildman–Crippen MR) is 287 cm³/mol. The van der Waals surface area contributed by atoms with Gasteiger partial charge in [0, 0.05) is 12.8 Å². The molecule has 0 aromatic carbocycles. The fourth-order valence-corrected chi connectivity index (χ4v) is 8.90. The van der Waals surface area contributed by atoms with Crippen LogP contribution in [0.2, 0.25) is 0 Å². The lowest BCUT2D eigenvalue weighted by molar-refractivity contribution is -0.143. The summed E-state index contributed by atoms with van der Waals surface area (Å²) < 4.78 is 5.47. The van der Waals surface area contributed by atoms with Gasteiger partial charge in [0.2, 0.25) is 5.91 Å². The Morgan fingerprint density at radius 3 is 1.18 bits per heavy atom. The van der Waals surface area contributed by atoms with Crippen LogP contribution in [0.3, 0.4) is 0 Å². The Labute approximate surface area is 411 Å². The minimum atomic E-state index is -0.848. The quantitative estimate of drug-likeness (QED) is 0.0321. The van der Waals surface area contributed by atoms with E-state index in [9.17, 15) is 19.8 Å². The summed E-state index contributed by atoms with van der Waals surface area (Å²) >= 11 is 0. The van der Waals surface area contributed by atoms with Crippen LogP contribution >= 0.6 is 0 Å². The highest BCUT2D eigenvalue weighted by Gasteiger charge is 2.18. The molecule has 3 N–H and O–H groups in total. The van der Waals surface area contributed by atoms with Crippen LogP contribution in [0.25, 0.3) is 0 Å². The number of carbonyl (C=O) groups is 2. The van der Waals surface area contributed by atoms with Crippen LogP contribution < -0.4 is 5.32 Å². The molecule has 1 amide bonds. The summed E-state index contributed by atoms with van der Waals surface area (Å²) in [4.78, 5) is 24.5. The SMILES string of the molecule is CCCCC/C=C\C/C=C\CCCCCCCC(=O)OCCCCCCCCCCCCCCCCCCCCC(=O)NC(CO)C(O)/C=C/CCCCCCCCCCCCCCCC. The van der Waals surface area contributed by atoms with Crippen molar-refractivity contribution in [3.8, 4) is 0 Å². The number of esters is 1. The van der Waals surface area contributed by atoms with Gasteiger partial charge in [-0.1, -0.05) is 269 Å². The fraction of sp³-hybridized carbons (Fsp3) is 0.867. The molecule has 0 radical (unpaired) electrons. The summed E-state index contributed by atoms with van der Waals surface area (Å²) in [6.07, 6.45) is 68.7. The summed E-state index contributed by atoms with van der Waals surface area (Å²) in [5, 5.41) is 23.1. The van der Waals surface area contributed by atoms with E-state index in [4.69, 9.17) is 4.74 Å². The summed E-state index contributed by atoms with van der Waals surface area (Å²) in [6, 6.07) is -0.631. The number of hydrogen-bond donors (Lipinski definition) is 3. The van der Waals surface area contributed by atoms with E-state index in [1.165, 1.54) is 231 Å². The largest absolute Gasteiger partial charge is 0.466 e. The summed E-state index contributed by atoms with van der Waals surface area (Å²) in [5.74, 6) is -0.0789. The second-order valence-corrected chi connectivity index (χ2v) is 20.0. The monoisotopic (exact) mass is 928 g/mol. The zero-order valence-electron chi connectivity index (χ0n) is 44.2. The summed E-state index contributed by atoms with van der Waals surface area (Å²) in [5.41, 5.74) is 0. The van der Waals surface area contributed by atoms with E-state index in [2.05, 4.69) is 43.5 Å². The first-order valence-electron chi connectivity index (χ1n) is 29.3. The molecule has 6 nitrogen and oxygen atoms in total. The molecule has 0 fully saturated rings. The van der Waals surface area contributed by atoms with Crippen LogP contribution in [-0.4, -0.2) is 47.4 Å².